The summed E-state index contributed by atoms with van der Waals surface area (Å²) in [5.74, 6) is 0.325. The van der Waals surface area contributed by atoms with E-state index in [4.69, 9.17) is 4.74 Å². The van der Waals surface area contributed by atoms with E-state index in [1.807, 2.05) is 16.1 Å². The summed E-state index contributed by atoms with van der Waals surface area (Å²) in [7, 11) is 1.33. The molecule has 0 unspecified atom stereocenters. The molecule has 9 nitrogen and oxygen atoms in total. The number of hydrogen-bond acceptors (Lipinski definition) is 6. The first-order valence-corrected chi connectivity index (χ1v) is 9.63. The molecule has 1 aliphatic carbocycles. The second-order valence-corrected chi connectivity index (χ2v) is 7.23. The van der Waals surface area contributed by atoms with Crippen LogP contribution < -0.4 is 5.69 Å². The maximum absolute atomic E-state index is 13.3. The van der Waals surface area contributed by atoms with E-state index < -0.39 is 5.97 Å². The van der Waals surface area contributed by atoms with Crippen molar-refractivity contribution in [3.05, 3.63) is 40.5 Å². The van der Waals surface area contributed by atoms with Crippen LogP contribution in [0.4, 0.5) is 0 Å². The molecule has 0 N–H and O–H groups in total. The molecule has 9 heteroatoms. The lowest BCUT2D eigenvalue weighted by atomic mass is 9.95. The predicted octanol–water partition coefficient (Wildman–Crippen LogP) is 2.09. The summed E-state index contributed by atoms with van der Waals surface area (Å²) in [5, 5.41) is 7.88. The van der Waals surface area contributed by atoms with Gasteiger partial charge in [-0.15, -0.1) is 10.2 Å². The minimum Gasteiger partial charge on any atom is -0.465 e. The van der Waals surface area contributed by atoms with Crippen molar-refractivity contribution < 1.29 is 9.53 Å². The van der Waals surface area contributed by atoms with Gasteiger partial charge in [0, 0.05) is 25.3 Å². The topological polar surface area (TPSA) is 96.8 Å². The number of imidazole rings is 1. The highest BCUT2D eigenvalue weighted by Crippen LogP contribution is 2.29. The number of methoxy groups -OCH3 is 1. The number of aryl methyl sites for hydroxylation is 3. The third-order valence-electron chi connectivity index (χ3n) is 5.54. The summed E-state index contributed by atoms with van der Waals surface area (Å²) >= 11 is 0. The summed E-state index contributed by atoms with van der Waals surface area (Å²) in [5.41, 5.74) is 1.54. The molecule has 0 bridgehead atoms. The highest BCUT2D eigenvalue weighted by atomic mass is 16.5. The van der Waals surface area contributed by atoms with Crippen LogP contribution >= 0.6 is 0 Å². The van der Waals surface area contributed by atoms with E-state index >= 15 is 0 Å². The van der Waals surface area contributed by atoms with Crippen molar-refractivity contribution in [3.63, 3.8) is 0 Å². The zero-order chi connectivity index (χ0) is 19.7. The molecule has 0 aromatic carbocycles. The van der Waals surface area contributed by atoms with E-state index in [1.54, 1.807) is 17.0 Å². The van der Waals surface area contributed by atoms with Gasteiger partial charge in [0.2, 0.25) is 0 Å². The number of fused-ring (bicyclic) bond motifs is 1. The maximum Gasteiger partial charge on any atom is 0.339 e. The Morgan fingerprint density at radius 1 is 1.25 bits per heavy atom. The van der Waals surface area contributed by atoms with E-state index in [0.29, 0.717) is 29.8 Å². The summed E-state index contributed by atoms with van der Waals surface area (Å²) in [4.78, 5) is 29.8. The number of ether oxygens (including phenoxy) is 1. The molecule has 0 radical (unpaired) electrons. The summed E-state index contributed by atoms with van der Waals surface area (Å²) in [6, 6.07) is 1.85. The van der Waals surface area contributed by atoms with Crippen LogP contribution in [-0.4, -0.2) is 42.0 Å². The molecule has 4 rings (SSSR count). The predicted molar refractivity (Wildman–Crippen MR) is 102 cm³/mol. The zero-order valence-electron chi connectivity index (χ0n) is 16.2. The molecule has 0 atom stereocenters. The van der Waals surface area contributed by atoms with E-state index in [1.165, 1.54) is 19.7 Å². The van der Waals surface area contributed by atoms with Gasteiger partial charge in [-0.25, -0.2) is 14.6 Å². The van der Waals surface area contributed by atoms with Crippen LogP contribution in [0.1, 0.15) is 54.3 Å². The minimum absolute atomic E-state index is 0.0813. The number of nitrogens with zero attached hydrogens (tertiary/aromatic N) is 6. The molecule has 3 aromatic heterocycles. The van der Waals surface area contributed by atoms with Crippen molar-refractivity contribution in [2.45, 2.75) is 58.2 Å². The van der Waals surface area contributed by atoms with Gasteiger partial charge in [-0.05, 0) is 25.8 Å². The largest absolute Gasteiger partial charge is 0.465 e. The van der Waals surface area contributed by atoms with Crippen molar-refractivity contribution in [3.8, 4) is 0 Å². The van der Waals surface area contributed by atoms with Gasteiger partial charge in [0.25, 0.3) is 0 Å². The standard InChI is InChI=1S/C19H24N6O3/c1-13-22-21-12-23(13)8-9-24-16-10-14(18(26)28-2)11-20-17(16)25(19(24)27)15-6-4-3-5-7-15/h10-12,15H,3-9H2,1-2H3. The van der Waals surface area contributed by atoms with Gasteiger partial charge in [-0.3, -0.25) is 9.13 Å². The Morgan fingerprint density at radius 3 is 2.71 bits per heavy atom. The molecule has 1 saturated carbocycles. The van der Waals surface area contributed by atoms with Crippen LogP contribution in [0, 0.1) is 6.92 Å². The lowest BCUT2D eigenvalue weighted by Crippen LogP contribution is -2.29. The van der Waals surface area contributed by atoms with Gasteiger partial charge < -0.3 is 9.30 Å². The Labute approximate surface area is 162 Å². The van der Waals surface area contributed by atoms with E-state index in [-0.39, 0.29) is 11.7 Å². The number of carbonyl (C=O) groups excluding carboxylic acids is 1. The Balaban J connectivity index is 1.80. The van der Waals surface area contributed by atoms with Gasteiger partial charge >= 0.3 is 11.7 Å². The Bertz CT molecular complexity index is 1060. The fourth-order valence-electron chi connectivity index (χ4n) is 4.01. The molecule has 3 aromatic rings. The molecule has 0 spiro atoms. The fraction of sp³-hybridized carbons (Fsp3) is 0.526. The third kappa shape index (κ3) is 3.21. The van der Waals surface area contributed by atoms with Crippen LogP contribution in [0.25, 0.3) is 11.2 Å². The second kappa shape index (κ2) is 7.57. The quantitative estimate of drug-likeness (QED) is 0.625. The molecule has 1 fully saturated rings. The highest BCUT2D eigenvalue weighted by molar-refractivity contribution is 5.92. The van der Waals surface area contributed by atoms with E-state index in [0.717, 1.165) is 31.5 Å². The zero-order valence-corrected chi connectivity index (χ0v) is 16.2. The van der Waals surface area contributed by atoms with Crippen molar-refractivity contribution in [2.75, 3.05) is 7.11 Å². The number of aromatic nitrogens is 6. The second-order valence-electron chi connectivity index (χ2n) is 7.23. The van der Waals surface area contributed by atoms with Crippen LogP contribution in [-0.2, 0) is 17.8 Å². The van der Waals surface area contributed by atoms with Crippen molar-refractivity contribution in [1.82, 2.24) is 28.9 Å². The third-order valence-corrected chi connectivity index (χ3v) is 5.54. The lowest BCUT2D eigenvalue weighted by molar-refractivity contribution is 0.0600. The minimum atomic E-state index is -0.464. The monoisotopic (exact) mass is 384 g/mol. The lowest BCUT2D eigenvalue weighted by Gasteiger charge is -2.22. The normalized spacial score (nSPS) is 15.2. The first-order valence-electron chi connectivity index (χ1n) is 9.63. The Morgan fingerprint density at radius 2 is 2.04 bits per heavy atom. The smallest absolute Gasteiger partial charge is 0.339 e. The van der Waals surface area contributed by atoms with Crippen LogP contribution in [0.5, 0.6) is 0 Å². The van der Waals surface area contributed by atoms with Crippen LogP contribution in [0.15, 0.2) is 23.4 Å². The Hall–Kier alpha value is -2.97. The number of pyridine rings is 1. The summed E-state index contributed by atoms with van der Waals surface area (Å²) < 4.78 is 10.2. The fourth-order valence-corrected chi connectivity index (χ4v) is 4.01. The van der Waals surface area contributed by atoms with Gasteiger partial charge in [0.15, 0.2) is 5.65 Å². The molecule has 0 amide bonds. The van der Waals surface area contributed by atoms with Crippen LogP contribution in [0.3, 0.4) is 0 Å². The van der Waals surface area contributed by atoms with E-state index in [2.05, 4.69) is 15.2 Å². The molecule has 0 aliphatic heterocycles. The van der Waals surface area contributed by atoms with Crippen molar-refractivity contribution in [2.24, 2.45) is 0 Å². The van der Waals surface area contributed by atoms with Crippen LogP contribution in [0.2, 0.25) is 0 Å². The van der Waals surface area contributed by atoms with Gasteiger partial charge in [0.05, 0.1) is 18.2 Å². The first-order chi connectivity index (χ1) is 13.6. The Kier molecular flexibility index (Phi) is 4.97. The summed E-state index contributed by atoms with van der Waals surface area (Å²) in [6.07, 6.45) is 8.53. The van der Waals surface area contributed by atoms with E-state index in [9.17, 15) is 9.59 Å². The molecule has 3 heterocycles. The number of esters is 1. The molecular formula is C19H24N6O3. The SMILES string of the molecule is COC(=O)c1cnc2c(c1)n(CCn1cnnc1C)c(=O)n2C1CCCCC1. The summed E-state index contributed by atoms with van der Waals surface area (Å²) in [6.45, 7) is 2.88. The van der Waals surface area contributed by atoms with Gasteiger partial charge in [-0.2, -0.15) is 0 Å². The average Bonchev–Trinajstić information content (AvgIpc) is 3.25. The molecule has 148 valence electrons. The van der Waals surface area contributed by atoms with Crippen molar-refractivity contribution in [1.29, 1.82) is 0 Å². The number of rotatable bonds is 5. The molecule has 28 heavy (non-hydrogen) atoms. The molecular weight excluding hydrogens is 360 g/mol. The number of hydrogen-bond donors (Lipinski definition) is 0. The van der Waals surface area contributed by atoms with Gasteiger partial charge in [-0.1, -0.05) is 19.3 Å². The molecule has 0 saturated heterocycles. The van der Waals surface area contributed by atoms with Gasteiger partial charge in [0.1, 0.15) is 12.2 Å². The van der Waals surface area contributed by atoms with Crippen molar-refractivity contribution >= 4 is 17.1 Å². The number of carbonyl (C=O) groups is 1. The first kappa shape index (κ1) is 18.4. The highest BCUT2D eigenvalue weighted by Gasteiger charge is 2.24. The molecule has 1 aliphatic rings. The average molecular weight is 384 g/mol. The maximum atomic E-state index is 13.3.